The molecule has 2 heterocycles. The first-order valence-corrected chi connectivity index (χ1v) is 10.7. The van der Waals surface area contributed by atoms with E-state index in [1.165, 1.54) is 6.42 Å². The topological polar surface area (TPSA) is 74.6 Å². The number of carbonyl (C=O) groups is 2. The van der Waals surface area contributed by atoms with Crippen LogP contribution in [0.4, 0.5) is 5.69 Å². The van der Waals surface area contributed by atoms with Gasteiger partial charge in [0.15, 0.2) is 5.76 Å². The number of nitrogens with one attached hydrogen (secondary N) is 2. The quantitative estimate of drug-likeness (QED) is 0.823. The summed E-state index contributed by atoms with van der Waals surface area (Å²) in [5, 5.41) is 6.33. The maximum Gasteiger partial charge on any atom is 0.289 e. The molecule has 2 aromatic rings. The lowest BCUT2D eigenvalue weighted by Crippen LogP contribution is -2.33. The maximum absolute atomic E-state index is 12.7. The number of furan rings is 1. The zero-order chi connectivity index (χ0) is 20.1. The summed E-state index contributed by atoms with van der Waals surface area (Å²) < 4.78 is 5.84. The summed E-state index contributed by atoms with van der Waals surface area (Å²) in [5.74, 6) is 1.23. The van der Waals surface area contributed by atoms with Crippen molar-refractivity contribution < 1.29 is 14.0 Å². The van der Waals surface area contributed by atoms with E-state index in [0.29, 0.717) is 18.1 Å². The van der Waals surface area contributed by atoms with Crippen molar-refractivity contribution in [1.29, 1.82) is 0 Å². The van der Waals surface area contributed by atoms with Crippen LogP contribution >= 0.6 is 0 Å². The molecule has 0 atom stereocenters. The minimum atomic E-state index is -0.0590. The Morgan fingerprint density at radius 2 is 1.72 bits per heavy atom. The highest BCUT2D eigenvalue weighted by Crippen LogP contribution is 2.27. The van der Waals surface area contributed by atoms with E-state index in [0.717, 1.165) is 63.0 Å². The van der Waals surface area contributed by atoms with Crippen molar-refractivity contribution in [2.45, 2.75) is 38.5 Å². The summed E-state index contributed by atoms with van der Waals surface area (Å²) in [6, 6.07) is 11.2. The van der Waals surface area contributed by atoms with Gasteiger partial charge in [-0.05, 0) is 62.2 Å². The zero-order valence-electron chi connectivity index (χ0n) is 16.8. The summed E-state index contributed by atoms with van der Waals surface area (Å²) in [6.45, 7) is 3.20. The standard InChI is InChI=1S/C23H29N3O3/c27-22(18-5-2-1-3-6-18)25-19-9-7-17(8-10-19)20-11-12-21(29-20)23(28)26-15-4-13-24-14-16-26/h7-12,18,24H,1-6,13-16H2,(H,25,27). The lowest BCUT2D eigenvalue weighted by Gasteiger charge is -2.20. The first-order chi connectivity index (χ1) is 14.2. The molecule has 154 valence electrons. The molecule has 2 N–H and O–H groups in total. The van der Waals surface area contributed by atoms with Gasteiger partial charge < -0.3 is 20.0 Å². The van der Waals surface area contributed by atoms with Gasteiger partial charge in [0, 0.05) is 36.8 Å². The van der Waals surface area contributed by atoms with Gasteiger partial charge in [0.25, 0.3) is 5.91 Å². The second-order valence-corrected chi connectivity index (χ2v) is 7.96. The average Bonchev–Trinajstić information content (AvgIpc) is 3.10. The Hall–Kier alpha value is -2.60. The fourth-order valence-corrected chi connectivity index (χ4v) is 4.14. The molecule has 1 aromatic carbocycles. The van der Waals surface area contributed by atoms with Crippen LogP contribution in [-0.4, -0.2) is 42.9 Å². The van der Waals surface area contributed by atoms with Gasteiger partial charge in [0.05, 0.1) is 0 Å². The number of amides is 2. The molecule has 0 spiro atoms. The van der Waals surface area contributed by atoms with Crippen molar-refractivity contribution in [1.82, 2.24) is 10.2 Å². The molecule has 29 heavy (non-hydrogen) atoms. The second kappa shape index (κ2) is 9.27. The number of hydrogen-bond donors (Lipinski definition) is 2. The fraction of sp³-hybridized carbons (Fsp3) is 0.478. The molecule has 4 rings (SSSR count). The van der Waals surface area contributed by atoms with Crippen LogP contribution in [0.5, 0.6) is 0 Å². The average molecular weight is 396 g/mol. The van der Waals surface area contributed by atoms with E-state index in [2.05, 4.69) is 10.6 Å². The Balaban J connectivity index is 1.39. The predicted octanol–water partition coefficient (Wildman–Crippen LogP) is 3.90. The molecule has 6 nitrogen and oxygen atoms in total. The number of rotatable bonds is 4. The number of benzene rings is 1. The third-order valence-corrected chi connectivity index (χ3v) is 5.86. The molecule has 2 fully saturated rings. The summed E-state index contributed by atoms with van der Waals surface area (Å²) in [5.41, 5.74) is 1.68. The highest BCUT2D eigenvalue weighted by Gasteiger charge is 2.22. The van der Waals surface area contributed by atoms with E-state index in [9.17, 15) is 9.59 Å². The predicted molar refractivity (Wildman–Crippen MR) is 113 cm³/mol. The molecule has 1 aromatic heterocycles. The van der Waals surface area contributed by atoms with Gasteiger partial charge in [-0.15, -0.1) is 0 Å². The lowest BCUT2D eigenvalue weighted by molar-refractivity contribution is -0.120. The van der Waals surface area contributed by atoms with Crippen LogP contribution in [0.1, 0.15) is 49.1 Å². The third-order valence-electron chi connectivity index (χ3n) is 5.86. The Kier molecular flexibility index (Phi) is 6.30. The number of nitrogens with zero attached hydrogens (tertiary/aromatic N) is 1. The van der Waals surface area contributed by atoms with E-state index < -0.39 is 0 Å². The largest absolute Gasteiger partial charge is 0.451 e. The Morgan fingerprint density at radius 1 is 0.931 bits per heavy atom. The van der Waals surface area contributed by atoms with E-state index in [1.807, 2.05) is 35.2 Å². The van der Waals surface area contributed by atoms with Crippen molar-refractivity contribution in [3.8, 4) is 11.3 Å². The first kappa shape index (κ1) is 19.7. The summed E-state index contributed by atoms with van der Waals surface area (Å²) >= 11 is 0. The summed E-state index contributed by atoms with van der Waals surface area (Å²) in [6.07, 6.45) is 6.45. The van der Waals surface area contributed by atoms with Gasteiger partial charge in [0.1, 0.15) is 5.76 Å². The third kappa shape index (κ3) is 4.88. The molecule has 1 aliphatic heterocycles. The summed E-state index contributed by atoms with van der Waals surface area (Å²) in [4.78, 5) is 26.9. The highest BCUT2D eigenvalue weighted by molar-refractivity contribution is 5.93. The van der Waals surface area contributed by atoms with E-state index in [1.54, 1.807) is 6.07 Å². The van der Waals surface area contributed by atoms with Crippen molar-refractivity contribution in [3.63, 3.8) is 0 Å². The van der Waals surface area contributed by atoms with Crippen molar-refractivity contribution >= 4 is 17.5 Å². The lowest BCUT2D eigenvalue weighted by atomic mass is 9.88. The van der Waals surface area contributed by atoms with Crippen LogP contribution < -0.4 is 10.6 Å². The number of hydrogen-bond acceptors (Lipinski definition) is 4. The second-order valence-electron chi connectivity index (χ2n) is 7.96. The van der Waals surface area contributed by atoms with Crippen molar-refractivity contribution in [3.05, 3.63) is 42.2 Å². The first-order valence-electron chi connectivity index (χ1n) is 10.7. The molecule has 1 saturated heterocycles. The monoisotopic (exact) mass is 395 g/mol. The summed E-state index contributed by atoms with van der Waals surface area (Å²) in [7, 11) is 0. The molecule has 2 aliphatic rings. The van der Waals surface area contributed by atoms with Crippen LogP contribution in [0.3, 0.4) is 0 Å². The van der Waals surface area contributed by atoms with Crippen LogP contribution in [0, 0.1) is 5.92 Å². The van der Waals surface area contributed by atoms with E-state index >= 15 is 0 Å². The SMILES string of the molecule is O=C(Nc1ccc(-c2ccc(C(=O)N3CCCNCC3)o2)cc1)C1CCCCC1. The van der Waals surface area contributed by atoms with E-state index in [-0.39, 0.29) is 17.7 Å². The molecule has 0 radical (unpaired) electrons. The van der Waals surface area contributed by atoms with Gasteiger partial charge in [-0.25, -0.2) is 0 Å². The maximum atomic E-state index is 12.7. The number of carbonyl (C=O) groups excluding carboxylic acids is 2. The highest BCUT2D eigenvalue weighted by atomic mass is 16.4. The van der Waals surface area contributed by atoms with Crippen molar-refractivity contribution in [2.24, 2.45) is 5.92 Å². The zero-order valence-corrected chi connectivity index (χ0v) is 16.8. The molecule has 2 amide bonds. The van der Waals surface area contributed by atoms with Gasteiger partial charge in [-0.3, -0.25) is 9.59 Å². The molecule has 1 aliphatic carbocycles. The molecule has 1 saturated carbocycles. The fourth-order valence-electron chi connectivity index (χ4n) is 4.14. The van der Waals surface area contributed by atoms with Crippen LogP contribution in [0.2, 0.25) is 0 Å². The Morgan fingerprint density at radius 3 is 2.52 bits per heavy atom. The molecule has 0 unspecified atom stereocenters. The van der Waals surface area contributed by atoms with Crippen LogP contribution in [-0.2, 0) is 4.79 Å². The number of anilines is 1. The van der Waals surface area contributed by atoms with Crippen LogP contribution in [0.25, 0.3) is 11.3 Å². The van der Waals surface area contributed by atoms with Crippen LogP contribution in [0.15, 0.2) is 40.8 Å². The minimum absolute atomic E-state index is 0.0590. The van der Waals surface area contributed by atoms with Gasteiger partial charge in [-0.2, -0.15) is 0 Å². The molecule has 0 bridgehead atoms. The molecule has 6 heteroatoms. The molecular weight excluding hydrogens is 366 g/mol. The smallest absolute Gasteiger partial charge is 0.289 e. The van der Waals surface area contributed by atoms with Gasteiger partial charge in [0.2, 0.25) is 5.91 Å². The minimum Gasteiger partial charge on any atom is -0.451 e. The van der Waals surface area contributed by atoms with Gasteiger partial charge >= 0.3 is 0 Å². The Labute approximate surface area is 171 Å². The van der Waals surface area contributed by atoms with Crippen molar-refractivity contribution in [2.75, 3.05) is 31.5 Å². The molecular formula is C23H29N3O3. The van der Waals surface area contributed by atoms with E-state index in [4.69, 9.17) is 4.42 Å². The normalized spacial score (nSPS) is 18.3. The Bertz CT molecular complexity index is 829. The van der Waals surface area contributed by atoms with Gasteiger partial charge in [-0.1, -0.05) is 19.3 Å².